The Morgan fingerprint density at radius 1 is 0.846 bits per heavy atom. The second-order valence-corrected chi connectivity index (χ2v) is 5.21. The van der Waals surface area contributed by atoms with Gasteiger partial charge in [0.05, 0.1) is 17.6 Å². The largest absolute Gasteiger partial charge is 0.317 e. The van der Waals surface area contributed by atoms with Crippen LogP contribution in [0.2, 0.25) is 0 Å². The normalized spacial score (nSPS) is 12.8. The molecule has 0 fully saturated rings. The molecule has 26 heavy (non-hydrogen) atoms. The Kier molecular flexibility index (Phi) is 5.54. The first-order valence-corrected chi connectivity index (χ1v) is 7.78. The van der Waals surface area contributed by atoms with E-state index >= 15 is 0 Å². The Morgan fingerprint density at radius 3 is 2.27 bits per heavy atom. The standard InChI is InChI=1S/C13H8N4O.C6H7NO/c18-13-12(8-14-17-13)16-15-11-7-3-5-9-4-1-2-6-10(9)11;8-7-6-4-2-1-3-5-6/h1-8H;1-5,7-8H. The van der Waals surface area contributed by atoms with Gasteiger partial charge in [0, 0.05) is 5.39 Å². The Hall–Kier alpha value is -3.71. The molecule has 0 spiro atoms. The van der Waals surface area contributed by atoms with Crippen molar-refractivity contribution in [3.05, 3.63) is 84.7 Å². The number of rotatable bonds is 3. The van der Waals surface area contributed by atoms with E-state index in [2.05, 4.69) is 20.5 Å². The van der Waals surface area contributed by atoms with Gasteiger partial charge in [-0.15, -0.1) is 15.3 Å². The van der Waals surface area contributed by atoms with Gasteiger partial charge < -0.3 is 0 Å². The van der Waals surface area contributed by atoms with Gasteiger partial charge in [0.25, 0.3) is 0 Å². The molecule has 4 rings (SSSR count). The Balaban J connectivity index is 0.000000206. The summed E-state index contributed by atoms with van der Waals surface area (Å²) in [5.41, 5.74) is 3.61. The van der Waals surface area contributed by atoms with Crippen LogP contribution >= 0.6 is 0 Å². The van der Waals surface area contributed by atoms with Crippen LogP contribution in [-0.2, 0) is 4.79 Å². The number of amides is 1. The van der Waals surface area contributed by atoms with Crippen LogP contribution in [0.3, 0.4) is 0 Å². The fourth-order valence-electron chi connectivity index (χ4n) is 2.23. The van der Waals surface area contributed by atoms with Gasteiger partial charge in [0.15, 0.2) is 5.70 Å². The van der Waals surface area contributed by atoms with E-state index in [1.807, 2.05) is 66.1 Å². The van der Waals surface area contributed by atoms with Gasteiger partial charge in [-0.2, -0.15) is 5.11 Å². The highest BCUT2D eigenvalue weighted by molar-refractivity contribution is 5.95. The number of hydrogen-bond acceptors (Lipinski definition) is 6. The van der Waals surface area contributed by atoms with Crippen molar-refractivity contribution in [2.45, 2.75) is 0 Å². The van der Waals surface area contributed by atoms with E-state index < -0.39 is 5.91 Å². The lowest BCUT2D eigenvalue weighted by Gasteiger charge is -1.99. The van der Waals surface area contributed by atoms with E-state index in [0.29, 0.717) is 11.4 Å². The van der Waals surface area contributed by atoms with Crippen LogP contribution in [0, 0.1) is 0 Å². The third-order valence-electron chi connectivity index (χ3n) is 3.48. The van der Waals surface area contributed by atoms with E-state index in [-0.39, 0.29) is 5.70 Å². The zero-order chi connectivity index (χ0) is 18.2. The molecule has 3 aromatic carbocycles. The fourth-order valence-corrected chi connectivity index (χ4v) is 2.23. The lowest BCUT2D eigenvalue weighted by atomic mass is 10.1. The smallest absolute Gasteiger partial charge is 0.291 e. The van der Waals surface area contributed by atoms with Crippen LogP contribution in [0.25, 0.3) is 10.8 Å². The van der Waals surface area contributed by atoms with Gasteiger partial charge >= 0.3 is 5.91 Å². The number of carbonyl (C=O) groups excluding carboxylic acids is 1. The van der Waals surface area contributed by atoms with Crippen LogP contribution in [0.1, 0.15) is 0 Å². The molecule has 0 unspecified atom stereocenters. The average molecular weight is 345 g/mol. The summed E-state index contributed by atoms with van der Waals surface area (Å²) in [4.78, 5) is 11.2. The Morgan fingerprint density at radius 2 is 1.58 bits per heavy atom. The summed E-state index contributed by atoms with van der Waals surface area (Å²) in [5.74, 6) is -0.459. The number of nitrogens with zero attached hydrogens (tertiary/aromatic N) is 4. The number of azo groups is 2. The third-order valence-corrected chi connectivity index (χ3v) is 3.48. The molecule has 2 N–H and O–H groups in total. The minimum atomic E-state index is -0.459. The van der Waals surface area contributed by atoms with Gasteiger partial charge in [0.2, 0.25) is 0 Å². The third kappa shape index (κ3) is 4.22. The zero-order valence-corrected chi connectivity index (χ0v) is 13.6. The van der Waals surface area contributed by atoms with Crippen molar-refractivity contribution in [1.82, 2.24) is 0 Å². The molecule has 0 aromatic heterocycles. The minimum absolute atomic E-state index is 0.155. The molecule has 7 nitrogen and oxygen atoms in total. The molecule has 0 aliphatic carbocycles. The molecule has 0 bridgehead atoms. The lowest BCUT2D eigenvalue weighted by Crippen LogP contribution is -1.88. The molecule has 1 heterocycles. The highest BCUT2D eigenvalue weighted by atomic mass is 16.5. The molecule has 128 valence electrons. The van der Waals surface area contributed by atoms with Crippen molar-refractivity contribution in [2.24, 2.45) is 20.5 Å². The molecular weight excluding hydrogens is 330 g/mol. The maximum absolute atomic E-state index is 11.2. The minimum Gasteiger partial charge on any atom is -0.291 e. The van der Waals surface area contributed by atoms with E-state index in [1.165, 1.54) is 6.20 Å². The Labute approximate surface area is 149 Å². The van der Waals surface area contributed by atoms with Gasteiger partial charge in [-0.05, 0) is 23.6 Å². The van der Waals surface area contributed by atoms with Crippen molar-refractivity contribution in [1.29, 1.82) is 0 Å². The van der Waals surface area contributed by atoms with Crippen molar-refractivity contribution in [2.75, 3.05) is 5.48 Å². The van der Waals surface area contributed by atoms with E-state index in [1.54, 1.807) is 12.1 Å². The molecular formula is C19H15N5O2. The van der Waals surface area contributed by atoms with Crippen LogP contribution in [0.15, 0.2) is 105 Å². The van der Waals surface area contributed by atoms with Crippen LogP contribution in [0.5, 0.6) is 0 Å². The molecule has 0 radical (unpaired) electrons. The van der Waals surface area contributed by atoms with Gasteiger partial charge in [-0.3, -0.25) is 15.5 Å². The number of nitrogens with one attached hydrogen (secondary N) is 1. The molecule has 3 aromatic rings. The monoisotopic (exact) mass is 345 g/mol. The van der Waals surface area contributed by atoms with Crippen molar-refractivity contribution >= 4 is 28.1 Å². The van der Waals surface area contributed by atoms with Gasteiger partial charge in [-0.25, -0.2) is 0 Å². The summed E-state index contributed by atoms with van der Waals surface area (Å²) in [5, 5.41) is 25.1. The predicted molar refractivity (Wildman–Crippen MR) is 98.3 cm³/mol. The summed E-state index contributed by atoms with van der Waals surface area (Å²) in [6.45, 7) is 0. The highest BCUT2D eigenvalue weighted by Gasteiger charge is 2.12. The summed E-state index contributed by atoms with van der Waals surface area (Å²) in [6, 6.07) is 22.7. The molecule has 0 atom stereocenters. The highest BCUT2D eigenvalue weighted by Crippen LogP contribution is 2.26. The second kappa shape index (κ2) is 8.41. The molecule has 1 amide bonds. The van der Waals surface area contributed by atoms with Crippen molar-refractivity contribution in [3.63, 3.8) is 0 Å². The quantitative estimate of drug-likeness (QED) is 0.501. The fraction of sp³-hybridized carbons (Fsp3) is 0. The van der Waals surface area contributed by atoms with E-state index in [9.17, 15) is 4.79 Å². The molecule has 7 heteroatoms. The summed E-state index contributed by atoms with van der Waals surface area (Å²) in [7, 11) is 0. The first-order valence-electron chi connectivity index (χ1n) is 7.78. The number of anilines is 1. The number of hydrogen-bond donors (Lipinski definition) is 2. The van der Waals surface area contributed by atoms with Crippen LogP contribution < -0.4 is 5.48 Å². The zero-order valence-electron chi connectivity index (χ0n) is 13.6. The van der Waals surface area contributed by atoms with Crippen molar-refractivity contribution in [3.8, 4) is 0 Å². The predicted octanol–water partition coefficient (Wildman–Crippen LogP) is 5.25. The molecule has 0 saturated heterocycles. The second-order valence-electron chi connectivity index (χ2n) is 5.21. The summed E-state index contributed by atoms with van der Waals surface area (Å²) < 4.78 is 0. The van der Waals surface area contributed by atoms with E-state index in [4.69, 9.17) is 5.21 Å². The van der Waals surface area contributed by atoms with Crippen LogP contribution in [-0.4, -0.2) is 11.1 Å². The first kappa shape index (κ1) is 17.1. The average Bonchev–Trinajstić information content (AvgIpc) is 3.12. The maximum Gasteiger partial charge on any atom is 0.317 e. The molecule has 1 aliphatic heterocycles. The van der Waals surface area contributed by atoms with Crippen LogP contribution in [0.4, 0.5) is 11.4 Å². The first-order chi connectivity index (χ1) is 12.8. The van der Waals surface area contributed by atoms with Crippen molar-refractivity contribution < 1.29 is 10.0 Å². The maximum atomic E-state index is 11.2. The van der Waals surface area contributed by atoms with Gasteiger partial charge in [0.1, 0.15) is 0 Å². The number of fused-ring (bicyclic) bond motifs is 1. The lowest BCUT2D eigenvalue weighted by molar-refractivity contribution is -0.114. The SMILES string of the molecule is O=C1N=NC=C1N=Nc1cccc2ccccc12.ONc1ccccc1. The molecule has 0 saturated carbocycles. The number of para-hydroxylation sites is 1. The van der Waals surface area contributed by atoms with E-state index in [0.717, 1.165) is 10.8 Å². The topological polar surface area (TPSA) is 98.8 Å². The van der Waals surface area contributed by atoms with Gasteiger partial charge in [-0.1, -0.05) is 54.6 Å². The Bertz CT molecular complexity index is 992. The molecule has 1 aliphatic rings. The summed E-state index contributed by atoms with van der Waals surface area (Å²) >= 11 is 0. The number of benzene rings is 3. The summed E-state index contributed by atoms with van der Waals surface area (Å²) in [6.07, 6.45) is 1.30. The number of carbonyl (C=O) groups is 1.